The lowest BCUT2D eigenvalue weighted by Crippen LogP contribution is -2.07. The van der Waals surface area contributed by atoms with E-state index in [2.05, 4.69) is 25.3 Å². The Kier molecular flexibility index (Phi) is 4.27. The molecule has 0 spiro atoms. The van der Waals surface area contributed by atoms with Gasteiger partial charge in [0.1, 0.15) is 29.2 Å². The topological polar surface area (TPSA) is 66.5 Å². The van der Waals surface area contributed by atoms with Gasteiger partial charge in [0.15, 0.2) is 0 Å². The zero-order chi connectivity index (χ0) is 18.2. The number of hydrogen-bond acceptors (Lipinski definition) is 4. The lowest BCUT2D eigenvalue weighted by molar-refractivity contribution is -0.140. The second kappa shape index (κ2) is 6.26. The molecule has 3 rings (SSSR count). The van der Waals surface area contributed by atoms with Gasteiger partial charge in [-0.25, -0.2) is 23.7 Å². The highest BCUT2D eigenvalue weighted by Gasteiger charge is 2.33. The van der Waals surface area contributed by atoms with E-state index < -0.39 is 24.0 Å². The van der Waals surface area contributed by atoms with Crippen LogP contribution in [0.3, 0.4) is 0 Å². The number of aromatic amines is 1. The van der Waals surface area contributed by atoms with Gasteiger partial charge < -0.3 is 10.3 Å². The number of rotatable bonds is 4. The molecule has 3 aromatic rings. The molecule has 0 radical (unpaired) electrons. The molecule has 10 heteroatoms. The van der Waals surface area contributed by atoms with Crippen LogP contribution in [0.2, 0.25) is 0 Å². The SMILES string of the molecule is Cc1c(NCc2ccnc3[nH]c(C(F)(F)F)cc23)ncnc1C(F)F. The summed E-state index contributed by atoms with van der Waals surface area (Å²) in [5.74, 6) is 0.196. The number of nitrogens with zero attached hydrogens (tertiary/aromatic N) is 3. The van der Waals surface area contributed by atoms with Gasteiger partial charge in [-0.3, -0.25) is 0 Å². The lowest BCUT2D eigenvalue weighted by Gasteiger charge is -2.11. The minimum absolute atomic E-state index is 0.0920. The van der Waals surface area contributed by atoms with E-state index in [1.165, 1.54) is 13.1 Å². The van der Waals surface area contributed by atoms with E-state index in [1.54, 1.807) is 6.07 Å². The number of pyridine rings is 1. The molecule has 0 aliphatic carbocycles. The Morgan fingerprint density at radius 1 is 1.20 bits per heavy atom. The fraction of sp³-hybridized carbons (Fsp3) is 0.267. The Balaban J connectivity index is 1.89. The van der Waals surface area contributed by atoms with Gasteiger partial charge in [0.05, 0.1) is 0 Å². The standard InChI is InChI=1S/C15H12F5N5/c1-7-11(12(16)17)23-6-24-13(7)22-5-8-2-3-21-14-9(8)4-10(25-14)15(18,19)20/h2-4,6,12H,5H2,1H3,(H,21,25)(H,22,23,24). The smallest absolute Gasteiger partial charge is 0.366 e. The Morgan fingerprint density at radius 3 is 2.64 bits per heavy atom. The molecule has 0 amide bonds. The van der Waals surface area contributed by atoms with E-state index in [1.807, 2.05) is 0 Å². The predicted molar refractivity (Wildman–Crippen MR) is 80.1 cm³/mol. The van der Waals surface area contributed by atoms with E-state index in [9.17, 15) is 22.0 Å². The van der Waals surface area contributed by atoms with E-state index in [0.717, 1.165) is 12.4 Å². The van der Waals surface area contributed by atoms with Crippen LogP contribution in [0.1, 0.15) is 28.9 Å². The van der Waals surface area contributed by atoms with Gasteiger partial charge in [0.25, 0.3) is 6.43 Å². The van der Waals surface area contributed by atoms with Gasteiger partial charge in [0.2, 0.25) is 0 Å². The van der Waals surface area contributed by atoms with Gasteiger partial charge >= 0.3 is 6.18 Å². The molecule has 0 saturated heterocycles. The largest absolute Gasteiger partial charge is 0.431 e. The summed E-state index contributed by atoms with van der Waals surface area (Å²) in [6.07, 6.45) is -4.87. The number of hydrogen-bond donors (Lipinski definition) is 2. The molecule has 3 aromatic heterocycles. The van der Waals surface area contributed by atoms with Gasteiger partial charge in [-0.15, -0.1) is 0 Å². The second-order valence-electron chi connectivity index (χ2n) is 5.30. The van der Waals surface area contributed by atoms with Crippen molar-refractivity contribution in [2.75, 3.05) is 5.32 Å². The zero-order valence-electron chi connectivity index (χ0n) is 12.8. The zero-order valence-corrected chi connectivity index (χ0v) is 12.8. The Bertz CT molecular complexity index is 903. The summed E-state index contributed by atoms with van der Waals surface area (Å²) in [5, 5.41) is 3.15. The van der Waals surface area contributed by atoms with Crippen molar-refractivity contribution in [2.24, 2.45) is 0 Å². The summed E-state index contributed by atoms with van der Waals surface area (Å²) in [5.41, 5.74) is -0.487. The third kappa shape index (κ3) is 3.37. The quantitative estimate of drug-likeness (QED) is 0.686. The first-order valence-electron chi connectivity index (χ1n) is 7.14. The first kappa shape index (κ1) is 17.1. The molecule has 0 aliphatic rings. The van der Waals surface area contributed by atoms with Crippen LogP contribution in [0.5, 0.6) is 0 Å². The van der Waals surface area contributed by atoms with Crippen molar-refractivity contribution in [1.82, 2.24) is 19.9 Å². The molecule has 0 aliphatic heterocycles. The van der Waals surface area contributed by atoms with Gasteiger partial charge in [0, 0.05) is 23.7 Å². The highest BCUT2D eigenvalue weighted by atomic mass is 19.4. The van der Waals surface area contributed by atoms with Crippen molar-refractivity contribution in [1.29, 1.82) is 0 Å². The Morgan fingerprint density at radius 2 is 1.96 bits per heavy atom. The van der Waals surface area contributed by atoms with Crippen LogP contribution in [0.4, 0.5) is 27.8 Å². The monoisotopic (exact) mass is 357 g/mol. The number of aromatic nitrogens is 4. The van der Waals surface area contributed by atoms with Crippen molar-refractivity contribution >= 4 is 16.9 Å². The maximum Gasteiger partial charge on any atom is 0.431 e. The molecular formula is C15H12F5N5. The number of halogens is 5. The summed E-state index contributed by atoms with van der Waals surface area (Å²) >= 11 is 0. The summed E-state index contributed by atoms with van der Waals surface area (Å²) < 4.78 is 64.2. The average Bonchev–Trinajstić information content (AvgIpc) is 2.98. The number of fused-ring (bicyclic) bond motifs is 1. The molecule has 0 bridgehead atoms. The third-order valence-electron chi connectivity index (χ3n) is 3.70. The van der Waals surface area contributed by atoms with Crippen LogP contribution in [0.25, 0.3) is 11.0 Å². The average molecular weight is 357 g/mol. The second-order valence-corrected chi connectivity index (χ2v) is 5.30. The Labute approximate surface area is 138 Å². The molecule has 0 fully saturated rings. The molecule has 25 heavy (non-hydrogen) atoms. The van der Waals surface area contributed by atoms with Gasteiger partial charge in [-0.05, 0) is 24.6 Å². The fourth-order valence-corrected chi connectivity index (χ4v) is 2.43. The number of nitrogens with one attached hydrogen (secondary N) is 2. The summed E-state index contributed by atoms with van der Waals surface area (Å²) in [7, 11) is 0. The highest BCUT2D eigenvalue weighted by molar-refractivity contribution is 5.80. The van der Waals surface area contributed by atoms with Gasteiger partial charge in [-0.1, -0.05) is 0 Å². The minimum atomic E-state index is -4.51. The molecule has 5 nitrogen and oxygen atoms in total. The molecule has 0 unspecified atom stereocenters. The van der Waals surface area contributed by atoms with E-state index >= 15 is 0 Å². The van der Waals surface area contributed by atoms with Crippen LogP contribution in [-0.4, -0.2) is 19.9 Å². The first-order valence-corrected chi connectivity index (χ1v) is 7.14. The molecule has 3 heterocycles. The maximum absolute atomic E-state index is 12.9. The predicted octanol–water partition coefficient (Wildman–Crippen LogP) is 4.23. The van der Waals surface area contributed by atoms with Crippen molar-refractivity contribution in [2.45, 2.75) is 26.1 Å². The number of alkyl halides is 5. The molecule has 132 valence electrons. The van der Waals surface area contributed by atoms with Crippen LogP contribution in [0.15, 0.2) is 24.7 Å². The number of anilines is 1. The van der Waals surface area contributed by atoms with Crippen molar-refractivity contribution in [3.8, 4) is 0 Å². The first-order chi connectivity index (χ1) is 11.8. The molecule has 0 atom stereocenters. The third-order valence-corrected chi connectivity index (χ3v) is 3.70. The molecule has 0 saturated carbocycles. The highest BCUT2D eigenvalue weighted by Crippen LogP contribution is 2.32. The fourth-order valence-electron chi connectivity index (χ4n) is 2.43. The van der Waals surface area contributed by atoms with Crippen LogP contribution in [0, 0.1) is 6.92 Å². The normalized spacial score (nSPS) is 12.1. The van der Waals surface area contributed by atoms with Crippen molar-refractivity contribution in [3.63, 3.8) is 0 Å². The van der Waals surface area contributed by atoms with Crippen molar-refractivity contribution in [3.05, 3.63) is 47.2 Å². The molecule has 2 N–H and O–H groups in total. The van der Waals surface area contributed by atoms with E-state index in [-0.39, 0.29) is 23.6 Å². The summed E-state index contributed by atoms with van der Waals surface area (Å²) in [6.45, 7) is 1.54. The van der Waals surface area contributed by atoms with E-state index in [0.29, 0.717) is 10.9 Å². The maximum atomic E-state index is 12.9. The number of H-pyrrole nitrogens is 1. The molecular weight excluding hydrogens is 345 g/mol. The van der Waals surface area contributed by atoms with Crippen LogP contribution in [-0.2, 0) is 12.7 Å². The van der Waals surface area contributed by atoms with Crippen molar-refractivity contribution < 1.29 is 22.0 Å². The van der Waals surface area contributed by atoms with E-state index in [4.69, 9.17) is 0 Å². The van der Waals surface area contributed by atoms with Crippen LogP contribution >= 0.6 is 0 Å². The minimum Gasteiger partial charge on any atom is -0.366 e. The summed E-state index contributed by atoms with van der Waals surface area (Å²) in [6, 6.07) is 2.52. The summed E-state index contributed by atoms with van der Waals surface area (Å²) in [4.78, 5) is 13.5. The molecule has 0 aromatic carbocycles. The lowest BCUT2D eigenvalue weighted by atomic mass is 10.1. The Hall–Kier alpha value is -2.78. The van der Waals surface area contributed by atoms with Crippen LogP contribution < -0.4 is 5.32 Å². The van der Waals surface area contributed by atoms with Gasteiger partial charge in [-0.2, -0.15) is 13.2 Å².